The maximum absolute atomic E-state index is 12.1. The smallest absolute Gasteiger partial charge is 0.236 e. The SMILES string of the molecule is CC(C)c1c(-c2ccn3nnnc3c2)[nH]c2ccc(C3CCN(CC(=O)N(C)C)CC3)cc12. The van der Waals surface area contributed by atoms with Crippen molar-refractivity contribution in [2.75, 3.05) is 33.7 Å². The molecule has 1 N–H and O–H groups in total. The molecule has 0 saturated carbocycles. The Kier molecular flexibility index (Phi) is 5.62. The topological polar surface area (TPSA) is 82.4 Å². The molecule has 0 atom stereocenters. The number of piperidine rings is 1. The fraction of sp³-hybridized carbons (Fsp3) is 0.440. The lowest BCUT2D eigenvalue weighted by Gasteiger charge is -2.32. The third-order valence-corrected chi connectivity index (χ3v) is 6.84. The quantitative estimate of drug-likeness (QED) is 0.507. The molecule has 5 rings (SSSR count). The van der Waals surface area contributed by atoms with Crippen molar-refractivity contribution in [1.29, 1.82) is 0 Å². The van der Waals surface area contributed by atoms with Crippen molar-refractivity contribution in [3.05, 3.63) is 47.7 Å². The van der Waals surface area contributed by atoms with Crippen LogP contribution in [0.15, 0.2) is 36.5 Å². The van der Waals surface area contributed by atoms with Gasteiger partial charge in [-0.2, -0.15) is 0 Å². The summed E-state index contributed by atoms with van der Waals surface area (Å²) in [6.45, 7) is 6.93. The number of rotatable bonds is 5. The van der Waals surface area contributed by atoms with Gasteiger partial charge in [0.2, 0.25) is 5.91 Å². The predicted molar refractivity (Wildman–Crippen MR) is 129 cm³/mol. The van der Waals surface area contributed by atoms with Crippen LogP contribution in [0.4, 0.5) is 0 Å². The van der Waals surface area contributed by atoms with Crippen LogP contribution >= 0.6 is 0 Å². The summed E-state index contributed by atoms with van der Waals surface area (Å²) in [4.78, 5) is 19.7. The molecule has 0 spiro atoms. The number of benzene rings is 1. The van der Waals surface area contributed by atoms with Crippen molar-refractivity contribution < 1.29 is 4.79 Å². The van der Waals surface area contributed by atoms with E-state index >= 15 is 0 Å². The second kappa shape index (κ2) is 8.59. The number of aromatic nitrogens is 5. The van der Waals surface area contributed by atoms with Gasteiger partial charge in [0, 0.05) is 36.8 Å². The number of H-pyrrole nitrogens is 1. The number of nitrogens with one attached hydrogen (secondary N) is 1. The predicted octanol–water partition coefficient (Wildman–Crippen LogP) is 3.66. The van der Waals surface area contributed by atoms with Crippen molar-refractivity contribution in [3.63, 3.8) is 0 Å². The number of pyridine rings is 1. The number of carbonyl (C=O) groups excluding carboxylic acids is 1. The highest BCUT2D eigenvalue weighted by Gasteiger charge is 2.24. The van der Waals surface area contributed by atoms with E-state index in [2.05, 4.69) is 63.5 Å². The number of amides is 1. The minimum absolute atomic E-state index is 0.177. The second-order valence-electron chi connectivity index (χ2n) is 9.61. The van der Waals surface area contributed by atoms with E-state index in [-0.39, 0.29) is 5.91 Å². The van der Waals surface area contributed by atoms with Gasteiger partial charge in [-0.15, -0.1) is 5.10 Å². The van der Waals surface area contributed by atoms with Gasteiger partial charge in [-0.05, 0) is 83.6 Å². The summed E-state index contributed by atoms with van der Waals surface area (Å²) < 4.78 is 1.68. The average molecular weight is 446 g/mol. The van der Waals surface area contributed by atoms with Gasteiger partial charge < -0.3 is 9.88 Å². The molecule has 0 unspecified atom stereocenters. The molecule has 1 aromatic carbocycles. The summed E-state index contributed by atoms with van der Waals surface area (Å²) in [5.41, 5.74) is 6.85. The van der Waals surface area contributed by atoms with Crippen LogP contribution in [0.2, 0.25) is 0 Å². The molecule has 8 nitrogen and oxygen atoms in total. The van der Waals surface area contributed by atoms with E-state index < -0.39 is 0 Å². The molecule has 172 valence electrons. The van der Waals surface area contributed by atoms with Crippen LogP contribution in [0, 0.1) is 0 Å². The van der Waals surface area contributed by atoms with E-state index in [0.717, 1.165) is 48.4 Å². The van der Waals surface area contributed by atoms with Gasteiger partial charge in [0.05, 0.1) is 12.2 Å². The molecule has 4 aromatic rings. The zero-order chi connectivity index (χ0) is 23.1. The second-order valence-corrected chi connectivity index (χ2v) is 9.61. The standard InChI is InChI=1S/C25H31N7O/c1-16(2)24-20-13-18(17-7-10-31(11-8-17)15-23(33)30(3)4)5-6-21(20)26-25(24)19-9-12-32-22(14-19)27-28-29-32/h5-6,9,12-14,16-17,26H,7-8,10-11,15H2,1-4H3. The Labute approximate surface area is 193 Å². The molecule has 1 aliphatic heterocycles. The van der Waals surface area contributed by atoms with E-state index in [4.69, 9.17) is 0 Å². The van der Waals surface area contributed by atoms with Gasteiger partial charge in [-0.1, -0.05) is 19.9 Å². The third kappa shape index (κ3) is 4.11. The zero-order valence-corrected chi connectivity index (χ0v) is 19.7. The summed E-state index contributed by atoms with van der Waals surface area (Å²) in [5.74, 6) is 1.07. The van der Waals surface area contributed by atoms with Crippen LogP contribution in [0.3, 0.4) is 0 Å². The fourth-order valence-corrected chi connectivity index (χ4v) is 4.96. The molecule has 0 aliphatic carbocycles. The van der Waals surface area contributed by atoms with E-state index in [9.17, 15) is 4.79 Å². The van der Waals surface area contributed by atoms with Crippen LogP contribution in [0.25, 0.3) is 27.8 Å². The van der Waals surface area contributed by atoms with Gasteiger partial charge in [0.15, 0.2) is 5.65 Å². The number of aromatic amines is 1. The van der Waals surface area contributed by atoms with E-state index in [0.29, 0.717) is 18.4 Å². The molecule has 0 radical (unpaired) electrons. The minimum Gasteiger partial charge on any atom is -0.354 e. The van der Waals surface area contributed by atoms with Gasteiger partial charge in [-0.3, -0.25) is 9.69 Å². The molecule has 8 heteroatoms. The average Bonchev–Trinajstić information content (AvgIpc) is 3.43. The molecule has 1 saturated heterocycles. The number of likely N-dealkylation sites (tertiary alicyclic amines) is 1. The maximum Gasteiger partial charge on any atom is 0.236 e. The molecule has 1 aliphatic rings. The normalized spacial score (nSPS) is 15.7. The highest BCUT2D eigenvalue weighted by atomic mass is 16.2. The Morgan fingerprint density at radius 3 is 2.70 bits per heavy atom. The van der Waals surface area contributed by atoms with Crippen LogP contribution in [0.1, 0.15) is 49.7 Å². The first kappa shape index (κ1) is 21.6. The Balaban J connectivity index is 1.43. The van der Waals surface area contributed by atoms with Crippen LogP contribution in [-0.2, 0) is 4.79 Å². The monoisotopic (exact) mass is 445 g/mol. The maximum atomic E-state index is 12.1. The van der Waals surface area contributed by atoms with Gasteiger partial charge >= 0.3 is 0 Å². The molecular formula is C25H31N7O. The Bertz CT molecular complexity index is 1290. The first-order valence-electron chi connectivity index (χ1n) is 11.7. The molecule has 1 fully saturated rings. The zero-order valence-electron chi connectivity index (χ0n) is 19.7. The molecule has 33 heavy (non-hydrogen) atoms. The fourth-order valence-electron chi connectivity index (χ4n) is 4.96. The van der Waals surface area contributed by atoms with Gasteiger partial charge in [0.1, 0.15) is 0 Å². The van der Waals surface area contributed by atoms with Crippen molar-refractivity contribution >= 4 is 22.5 Å². The summed E-state index contributed by atoms with van der Waals surface area (Å²) in [5, 5.41) is 13.1. The Morgan fingerprint density at radius 2 is 1.97 bits per heavy atom. The largest absolute Gasteiger partial charge is 0.354 e. The first-order valence-corrected chi connectivity index (χ1v) is 11.7. The summed E-state index contributed by atoms with van der Waals surface area (Å²) >= 11 is 0. The number of nitrogens with zero attached hydrogens (tertiary/aromatic N) is 6. The highest BCUT2D eigenvalue weighted by Crippen LogP contribution is 2.38. The number of tetrazole rings is 1. The minimum atomic E-state index is 0.177. The molecule has 1 amide bonds. The van der Waals surface area contributed by atoms with Crippen molar-refractivity contribution in [2.45, 2.75) is 38.5 Å². The van der Waals surface area contributed by atoms with E-state index in [1.165, 1.54) is 16.5 Å². The molecular weight excluding hydrogens is 414 g/mol. The molecule has 3 aromatic heterocycles. The van der Waals surface area contributed by atoms with Crippen LogP contribution in [0.5, 0.6) is 0 Å². The summed E-state index contributed by atoms with van der Waals surface area (Å²) in [7, 11) is 3.64. The number of fused-ring (bicyclic) bond motifs is 2. The molecule has 4 heterocycles. The van der Waals surface area contributed by atoms with E-state index in [1.54, 1.807) is 9.42 Å². The Morgan fingerprint density at radius 1 is 1.18 bits per heavy atom. The summed E-state index contributed by atoms with van der Waals surface area (Å²) in [6, 6.07) is 11.0. The lowest BCUT2D eigenvalue weighted by Crippen LogP contribution is -2.40. The first-order chi connectivity index (χ1) is 15.9. The van der Waals surface area contributed by atoms with E-state index in [1.807, 2.05) is 26.4 Å². The van der Waals surface area contributed by atoms with Crippen LogP contribution < -0.4 is 0 Å². The number of hydrogen-bond acceptors (Lipinski definition) is 5. The third-order valence-electron chi connectivity index (χ3n) is 6.84. The summed E-state index contributed by atoms with van der Waals surface area (Å²) in [6.07, 6.45) is 4.06. The van der Waals surface area contributed by atoms with Gasteiger partial charge in [-0.25, -0.2) is 4.52 Å². The van der Waals surface area contributed by atoms with Crippen molar-refractivity contribution in [1.82, 2.24) is 34.8 Å². The lowest BCUT2D eigenvalue weighted by molar-refractivity contribution is -0.130. The van der Waals surface area contributed by atoms with Gasteiger partial charge in [0.25, 0.3) is 0 Å². The van der Waals surface area contributed by atoms with Crippen molar-refractivity contribution in [3.8, 4) is 11.3 Å². The highest BCUT2D eigenvalue weighted by molar-refractivity contribution is 5.92. The molecule has 0 bridgehead atoms. The Hall–Kier alpha value is -3.26. The van der Waals surface area contributed by atoms with Crippen molar-refractivity contribution in [2.24, 2.45) is 0 Å². The lowest BCUT2D eigenvalue weighted by atomic mass is 9.87. The number of likely N-dealkylation sites (N-methyl/N-ethyl adjacent to an activating group) is 1. The number of carbonyl (C=O) groups is 1. The van der Waals surface area contributed by atoms with Crippen LogP contribution in [-0.4, -0.2) is 74.5 Å². The number of hydrogen-bond donors (Lipinski definition) is 1.